The molecule has 1 fully saturated rings. The zero-order chi connectivity index (χ0) is 14.0. The van der Waals surface area contributed by atoms with E-state index in [2.05, 4.69) is 0 Å². The van der Waals surface area contributed by atoms with E-state index in [4.69, 9.17) is 15.2 Å². The number of hydrogen-bond acceptors (Lipinski definition) is 4. The number of hydrogen-bond donors (Lipinski definition) is 1. The molecule has 1 aromatic rings. The summed E-state index contributed by atoms with van der Waals surface area (Å²) in [5.74, 6) is -0.380. The van der Waals surface area contributed by atoms with Gasteiger partial charge < -0.3 is 15.2 Å². The van der Waals surface area contributed by atoms with Gasteiger partial charge in [0.05, 0.1) is 17.3 Å². The fraction of sp³-hybridized carbons (Fsp3) is 0.533. The van der Waals surface area contributed by atoms with Crippen molar-refractivity contribution in [2.75, 3.05) is 12.3 Å². The molecule has 4 heteroatoms. The molecular weight excluding hydrogens is 242 g/mol. The molecule has 1 atom stereocenters. The number of nitrogen functional groups attached to an aromatic ring is 1. The molecule has 19 heavy (non-hydrogen) atoms. The van der Waals surface area contributed by atoms with Crippen molar-refractivity contribution in [1.82, 2.24) is 0 Å². The van der Waals surface area contributed by atoms with Crippen LogP contribution in [0.25, 0.3) is 0 Å². The average molecular weight is 263 g/mol. The lowest BCUT2D eigenvalue weighted by atomic mass is 10.1. The Morgan fingerprint density at radius 2 is 2.26 bits per heavy atom. The summed E-state index contributed by atoms with van der Waals surface area (Å²) in [5.41, 5.74) is 7.56. The first kappa shape index (κ1) is 13.9. The lowest BCUT2D eigenvalue weighted by molar-refractivity contribution is -0.0444. The van der Waals surface area contributed by atoms with Crippen molar-refractivity contribution >= 4 is 11.7 Å². The van der Waals surface area contributed by atoms with E-state index in [1.807, 2.05) is 26.8 Å². The molecule has 104 valence electrons. The van der Waals surface area contributed by atoms with E-state index >= 15 is 0 Å². The Bertz CT molecular complexity index is 482. The van der Waals surface area contributed by atoms with Crippen molar-refractivity contribution in [3.8, 4) is 0 Å². The van der Waals surface area contributed by atoms with Crippen LogP contribution in [0.2, 0.25) is 0 Å². The van der Waals surface area contributed by atoms with E-state index in [0.29, 0.717) is 11.3 Å². The second-order valence-corrected chi connectivity index (χ2v) is 5.67. The van der Waals surface area contributed by atoms with Crippen LogP contribution in [0.5, 0.6) is 0 Å². The minimum absolute atomic E-state index is 0.00927. The standard InChI is InChI=1S/C15H21NO3/c1-10-5-4-6-12(13(10)16)14(17)18-9-11-7-8-15(2,3)19-11/h4-6,11H,7-9,16H2,1-3H3. The molecule has 1 aliphatic heterocycles. The van der Waals surface area contributed by atoms with Gasteiger partial charge in [0, 0.05) is 5.69 Å². The van der Waals surface area contributed by atoms with E-state index in [0.717, 1.165) is 18.4 Å². The van der Waals surface area contributed by atoms with E-state index in [9.17, 15) is 4.79 Å². The van der Waals surface area contributed by atoms with E-state index in [1.165, 1.54) is 0 Å². The maximum Gasteiger partial charge on any atom is 0.340 e. The molecule has 0 amide bonds. The summed E-state index contributed by atoms with van der Waals surface area (Å²) >= 11 is 0. The number of carbonyl (C=O) groups is 1. The molecule has 0 aromatic heterocycles. The molecule has 0 saturated carbocycles. The SMILES string of the molecule is Cc1cccc(C(=O)OCC2CCC(C)(C)O2)c1N. The van der Waals surface area contributed by atoms with Crippen molar-refractivity contribution in [2.24, 2.45) is 0 Å². The summed E-state index contributed by atoms with van der Waals surface area (Å²) in [5, 5.41) is 0. The Hall–Kier alpha value is -1.55. The van der Waals surface area contributed by atoms with Crippen LogP contribution in [-0.2, 0) is 9.47 Å². The number of esters is 1. The largest absolute Gasteiger partial charge is 0.459 e. The molecule has 1 heterocycles. The lowest BCUT2D eigenvalue weighted by Crippen LogP contribution is -2.24. The van der Waals surface area contributed by atoms with Crippen LogP contribution in [-0.4, -0.2) is 24.3 Å². The zero-order valence-electron chi connectivity index (χ0n) is 11.7. The summed E-state index contributed by atoms with van der Waals surface area (Å²) in [4.78, 5) is 12.0. The number of ether oxygens (including phenoxy) is 2. The Kier molecular flexibility index (Phi) is 3.80. The summed E-state index contributed by atoms with van der Waals surface area (Å²) in [6, 6.07) is 5.36. The fourth-order valence-electron chi connectivity index (χ4n) is 2.30. The van der Waals surface area contributed by atoms with Crippen molar-refractivity contribution in [1.29, 1.82) is 0 Å². The molecule has 4 nitrogen and oxygen atoms in total. The molecule has 1 aromatic carbocycles. The number of rotatable bonds is 3. The molecule has 1 aliphatic rings. The van der Waals surface area contributed by atoms with E-state index in [1.54, 1.807) is 12.1 Å². The second-order valence-electron chi connectivity index (χ2n) is 5.67. The monoisotopic (exact) mass is 263 g/mol. The van der Waals surface area contributed by atoms with Gasteiger partial charge in [0.2, 0.25) is 0 Å². The Balaban J connectivity index is 1.93. The molecule has 0 radical (unpaired) electrons. The Morgan fingerprint density at radius 1 is 1.53 bits per heavy atom. The van der Waals surface area contributed by atoms with E-state index in [-0.39, 0.29) is 24.3 Å². The highest BCUT2D eigenvalue weighted by molar-refractivity contribution is 5.95. The first-order valence-electron chi connectivity index (χ1n) is 6.59. The van der Waals surface area contributed by atoms with Crippen molar-refractivity contribution in [2.45, 2.75) is 45.3 Å². The molecule has 0 bridgehead atoms. The van der Waals surface area contributed by atoms with Gasteiger partial charge in [-0.1, -0.05) is 12.1 Å². The molecule has 1 saturated heterocycles. The van der Waals surface area contributed by atoms with Gasteiger partial charge in [0.15, 0.2) is 0 Å². The van der Waals surface area contributed by atoms with E-state index < -0.39 is 0 Å². The third-order valence-electron chi connectivity index (χ3n) is 3.50. The van der Waals surface area contributed by atoms with Crippen molar-refractivity contribution < 1.29 is 14.3 Å². The molecule has 0 aliphatic carbocycles. The maximum atomic E-state index is 12.0. The van der Waals surface area contributed by atoms with Gasteiger partial charge in [-0.15, -0.1) is 0 Å². The lowest BCUT2D eigenvalue weighted by Gasteiger charge is -2.19. The topological polar surface area (TPSA) is 61.5 Å². The number of aryl methyl sites for hydroxylation is 1. The number of carbonyl (C=O) groups excluding carboxylic acids is 1. The van der Waals surface area contributed by atoms with Gasteiger partial charge in [-0.2, -0.15) is 0 Å². The van der Waals surface area contributed by atoms with Crippen LogP contribution in [0.15, 0.2) is 18.2 Å². The first-order chi connectivity index (χ1) is 8.89. The predicted molar refractivity (Wildman–Crippen MR) is 74.1 cm³/mol. The minimum Gasteiger partial charge on any atom is -0.459 e. The summed E-state index contributed by atoms with van der Waals surface area (Å²) in [6.07, 6.45) is 1.90. The molecular formula is C15H21NO3. The number of anilines is 1. The van der Waals surface area contributed by atoms with Crippen molar-refractivity contribution in [3.05, 3.63) is 29.3 Å². The highest BCUT2D eigenvalue weighted by Gasteiger charge is 2.32. The van der Waals surface area contributed by atoms with Crippen LogP contribution in [0, 0.1) is 6.92 Å². The Labute approximate surface area is 113 Å². The first-order valence-corrected chi connectivity index (χ1v) is 6.59. The fourth-order valence-corrected chi connectivity index (χ4v) is 2.30. The summed E-state index contributed by atoms with van der Waals surface area (Å²) in [6.45, 7) is 6.26. The van der Waals surface area contributed by atoms with Crippen LogP contribution in [0.1, 0.15) is 42.6 Å². The second kappa shape index (κ2) is 5.21. The normalized spacial score (nSPS) is 21.3. The summed E-state index contributed by atoms with van der Waals surface area (Å²) in [7, 11) is 0. The smallest absolute Gasteiger partial charge is 0.340 e. The number of nitrogens with two attached hydrogens (primary N) is 1. The van der Waals surface area contributed by atoms with Crippen LogP contribution < -0.4 is 5.73 Å². The third kappa shape index (κ3) is 3.26. The van der Waals surface area contributed by atoms with Gasteiger partial charge in [-0.05, 0) is 45.2 Å². The van der Waals surface area contributed by atoms with Crippen LogP contribution in [0.3, 0.4) is 0 Å². The Morgan fingerprint density at radius 3 is 2.89 bits per heavy atom. The van der Waals surface area contributed by atoms with Gasteiger partial charge in [0.25, 0.3) is 0 Å². The molecule has 1 unspecified atom stereocenters. The van der Waals surface area contributed by atoms with Crippen LogP contribution >= 0.6 is 0 Å². The molecule has 2 rings (SSSR count). The van der Waals surface area contributed by atoms with Crippen molar-refractivity contribution in [3.63, 3.8) is 0 Å². The van der Waals surface area contributed by atoms with Gasteiger partial charge >= 0.3 is 5.97 Å². The van der Waals surface area contributed by atoms with Gasteiger partial charge in [-0.3, -0.25) is 0 Å². The van der Waals surface area contributed by atoms with Crippen LogP contribution in [0.4, 0.5) is 5.69 Å². The molecule has 2 N–H and O–H groups in total. The maximum absolute atomic E-state index is 12.0. The number of para-hydroxylation sites is 1. The minimum atomic E-state index is -0.380. The molecule has 0 spiro atoms. The van der Waals surface area contributed by atoms with Gasteiger partial charge in [-0.25, -0.2) is 4.79 Å². The summed E-state index contributed by atoms with van der Waals surface area (Å²) < 4.78 is 11.1. The third-order valence-corrected chi connectivity index (χ3v) is 3.50. The zero-order valence-corrected chi connectivity index (χ0v) is 11.7. The highest BCUT2D eigenvalue weighted by Crippen LogP contribution is 2.29. The predicted octanol–water partition coefficient (Wildman–Crippen LogP) is 2.69. The van der Waals surface area contributed by atoms with Gasteiger partial charge in [0.1, 0.15) is 6.61 Å². The quantitative estimate of drug-likeness (QED) is 0.672. The number of benzene rings is 1. The highest BCUT2D eigenvalue weighted by atomic mass is 16.6. The average Bonchev–Trinajstić information content (AvgIpc) is 2.69.